The number of rotatable bonds is 6. The summed E-state index contributed by atoms with van der Waals surface area (Å²) in [6.07, 6.45) is 0. The molecule has 3 aromatic carbocycles. The van der Waals surface area contributed by atoms with Crippen LogP contribution >= 0.6 is 0 Å². The highest BCUT2D eigenvalue weighted by Crippen LogP contribution is 2.29. The summed E-state index contributed by atoms with van der Waals surface area (Å²) in [5.41, 5.74) is 5.25. The van der Waals surface area contributed by atoms with E-state index >= 15 is 0 Å². The Balaban J connectivity index is 1.53. The Kier molecular flexibility index (Phi) is 5.72. The lowest BCUT2D eigenvalue weighted by molar-refractivity contribution is -0.125. The van der Waals surface area contributed by atoms with Crippen LogP contribution in [0.3, 0.4) is 0 Å². The fourth-order valence-corrected chi connectivity index (χ4v) is 3.64. The Morgan fingerprint density at radius 2 is 1.39 bits per heavy atom. The van der Waals surface area contributed by atoms with E-state index in [0.717, 1.165) is 27.9 Å². The molecule has 0 aliphatic carbocycles. The highest BCUT2D eigenvalue weighted by atomic mass is 16.5. The minimum Gasteiger partial charge on any atom is -0.356 e. The number of hydrogen-bond acceptors (Lipinski definition) is 3. The van der Waals surface area contributed by atoms with E-state index in [9.17, 15) is 4.79 Å². The van der Waals surface area contributed by atoms with Crippen LogP contribution in [0.4, 0.5) is 0 Å². The molecule has 0 radical (unpaired) electrons. The number of amides is 1. The quantitative estimate of drug-likeness (QED) is 0.430. The molecule has 0 atom stereocenters. The molecule has 156 valence electrons. The molecule has 31 heavy (non-hydrogen) atoms. The van der Waals surface area contributed by atoms with Gasteiger partial charge in [-0.1, -0.05) is 90.1 Å². The molecule has 0 saturated heterocycles. The van der Waals surface area contributed by atoms with Crippen molar-refractivity contribution in [2.75, 3.05) is 0 Å². The van der Waals surface area contributed by atoms with Gasteiger partial charge in [-0.3, -0.25) is 4.79 Å². The molecule has 1 amide bonds. The lowest BCUT2D eigenvalue weighted by atomic mass is 9.83. The summed E-state index contributed by atoms with van der Waals surface area (Å²) in [6.45, 7) is 6.12. The van der Waals surface area contributed by atoms with Crippen LogP contribution in [0.2, 0.25) is 0 Å². The van der Waals surface area contributed by atoms with Gasteiger partial charge in [0.15, 0.2) is 5.76 Å². The van der Waals surface area contributed by atoms with Gasteiger partial charge >= 0.3 is 0 Å². The molecule has 0 saturated carbocycles. The van der Waals surface area contributed by atoms with Gasteiger partial charge in [0, 0.05) is 17.7 Å². The van der Waals surface area contributed by atoms with Crippen molar-refractivity contribution >= 4 is 5.91 Å². The highest BCUT2D eigenvalue weighted by Gasteiger charge is 2.30. The van der Waals surface area contributed by atoms with Crippen LogP contribution in [0.1, 0.15) is 30.7 Å². The molecule has 1 aromatic heterocycles. The fourth-order valence-electron chi connectivity index (χ4n) is 3.64. The molecule has 1 heterocycles. The maximum absolute atomic E-state index is 13.0. The van der Waals surface area contributed by atoms with Crippen LogP contribution in [-0.4, -0.2) is 11.1 Å². The molecule has 0 aliphatic heterocycles. The lowest BCUT2D eigenvalue weighted by Crippen LogP contribution is -2.39. The van der Waals surface area contributed by atoms with Crippen molar-refractivity contribution in [3.05, 3.63) is 102 Å². The van der Waals surface area contributed by atoms with Crippen LogP contribution in [0.5, 0.6) is 0 Å². The Morgan fingerprint density at radius 1 is 0.839 bits per heavy atom. The van der Waals surface area contributed by atoms with Crippen LogP contribution in [0, 0.1) is 6.92 Å². The Bertz CT molecular complexity index is 1160. The molecule has 0 aliphatic rings. The minimum absolute atomic E-state index is 0.0373. The molecular weight excluding hydrogens is 384 g/mol. The number of carbonyl (C=O) groups is 1. The number of nitrogens with one attached hydrogen (secondary N) is 1. The molecule has 0 unspecified atom stereocenters. The zero-order chi connectivity index (χ0) is 21.8. The largest absolute Gasteiger partial charge is 0.356 e. The van der Waals surface area contributed by atoms with E-state index in [0.29, 0.717) is 12.3 Å². The molecule has 0 fully saturated rings. The number of aryl methyl sites for hydroxylation is 1. The summed E-state index contributed by atoms with van der Waals surface area (Å²) in [5, 5.41) is 7.22. The van der Waals surface area contributed by atoms with E-state index < -0.39 is 5.41 Å². The summed E-state index contributed by atoms with van der Waals surface area (Å²) in [4.78, 5) is 13.0. The Labute approximate surface area is 182 Å². The third-order valence-corrected chi connectivity index (χ3v) is 5.73. The first-order chi connectivity index (χ1) is 15.0. The van der Waals surface area contributed by atoms with Gasteiger partial charge in [0.25, 0.3) is 0 Å². The van der Waals surface area contributed by atoms with E-state index in [1.54, 1.807) is 0 Å². The summed E-state index contributed by atoms with van der Waals surface area (Å²) in [6, 6.07) is 28.2. The Hall–Kier alpha value is -3.66. The van der Waals surface area contributed by atoms with Crippen molar-refractivity contribution in [1.29, 1.82) is 0 Å². The van der Waals surface area contributed by atoms with Crippen LogP contribution in [-0.2, 0) is 16.8 Å². The third kappa shape index (κ3) is 4.29. The smallest absolute Gasteiger partial charge is 0.230 e. The van der Waals surface area contributed by atoms with Crippen molar-refractivity contribution in [1.82, 2.24) is 10.5 Å². The zero-order valence-electron chi connectivity index (χ0n) is 18.1. The first kappa shape index (κ1) is 20.6. The topological polar surface area (TPSA) is 55.1 Å². The third-order valence-electron chi connectivity index (χ3n) is 5.73. The van der Waals surface area contributed by atoms with E-state index in [4.69, 9.17) is 4.52 Å². The molecule has 0 bridgehead atoms. The second-order valence-electron chi connectivity index (χ2n) is 8.19. The lowest BCUT2D eigenvalue weighted by Gasteiger charge is -2.24. The molecule has 0 spiro atoms. The molecule has 1 N–H and O–H groups in total. The van der Waals surface area contributed by atoms with E-state index in [1.165, 1.54) is 5.56 Å². The van der Waals surface area contributed by atoms with Crippen LogP contribution < -0.4 is 5.32 Å². The van der Waals surface area contributed by atoms with Gasteiger partial charge < -0.3 is 9.84 Å². The molecule has 4 nitrogen and oxygen atoms in total. The SMILES string of the molecule is Cc1noc(-c2ccc(-c3ccccc3)cc2)c1CNC(=O)C(C)(C)c1ccccc1. The van der Waals surface area contributed by atoms with Crippen molar-refractivity contribution in [3.8, 4) is 22.5 Å². The summed E-state index contributed by atoms with van der Waals surface area (Å²) in [5.74, 6) is 0.652. The first-order valence-corrected chi connectivity index (χ1v) is 10.4. The first-order valence-electron chi connectivity index (χ1n) is 10.4. The number of hydrogen-bond donors (Lipinski definition) is 1. The standard InChI is InChI=1S/C27H26N2O2/c1-19-24(18-28-26(30)27(2,3)23-12-8-5-9-13-23)25(31-29-19)22-16-14-21(15-17-22)20-10-6-4-7-11-20/h4-17H,18H2,1-3H3,(H,28,30). The maximum Gasteiger partial charge on any atom is 0.230 e. The van der Waals surface area contributed by atoms with Crippen LogP contribution in [0.15, 0.2) is 89.5 Å². The second-order valence-corrected chi connectivity index (χ2v) is 8.19. The molecule has 4 aromatic rings. The number of benzene rings is 3. The predicted molar refractivity (Wildman–Crippen MR) is 123 cm³/mol. The molecule has 4 heteroatoms. The number of carbonyl (C=O) groups excluding carboxylic acids is 1. The van der Waals surface area contributed by atoms with Crippen molar-refractivity contribution < 1.29 is 9.32 Å². The predicted octanol–water partition coefficient (Wildman–Crippen LogP) is 5.91. The fraction of sp³-hybridized carbons (Fsp3) is 0.185. The maximum atomic E-state index is 13.0. The molecule has 4 rings (SSSR count). The van der Waals surface area contributed by atoms with Gasteiger partial charge in [-0.25, -0.2) is 0 Å². The van der Waals surface area contributed by atoms with Gasteiger partial charge in [0.1, 0.15) is 0 Å². The van der Waals surface area contributed by atoms with Gasteiger partial charge in [-0.2, -0.15) is 0 Å². The van der Waals surface area contributed by atoms with E-state index in [1.807, 2.05) is 81.4 Å². The number of nitrogens with zero attached hydrogens (tertiary/aromatic N) is 1. The summed E-state index contributed by atoms with van der Waals surface area (Å²) < 4.78 is 5.63. The van der Waals surface area contributed by atoms with E-state index in [2.05, 4.69) is 34.7 Å². The molecular formula is C27H26N2O2. The second kappa shape index (κ2) is 8.60. The van der Waals surface area contributed by atoms with Gasteiger partial charge in [-0.05, 0) is 37.5 Å². The van der Waals surface area contributed by atoms with E-state index in [-0.39, 0.29) is 5.91 Å². The van der Waals surface area contributed by atoms with Crippen LogP contribution in [0.25, 0.3) is 22.5 Å². The Morgan fingerprint density at radius 3 is 2.03 bits per heavy atom. The van der Waals surface area contributed by atoms with Gasteiger partial charge in [0.05, 0.1) is 11.1 Å². The normalized spacial score (nSPS) is 11.3. The van der Waals surface area contributed by atoms with Gasteiger partial charge in [0.2, 0.25) is 5.91 Å². The zero-order valence-corrected chi connectivity index (χ0v) is 18.1. The average molecular weight is 411 g/mol. The number of aromatic nitrogens is 1. The summed E-state index contributed by atoms with van der Waals surface area (Å²) >= 11 is 0. The van der Waals surface area contributed by atoms with Crippen molar-refractivity contribution in [2.45, 2.75) is 32.7 Å². The van der Waals surface area contributed by atoms with Crippen molar-refractivity contribution in [2.24, 2.45) is 0 Å². The average Bonchev–Trinajstić information content (AvgIpc) is 3.19. The van der Waals surface area contributed by atoms with Gasteiger partial charge in [-0.15, -0.1) is 0 Å². The van der Waals surface area contributed by atoms with Crippen molar-refractivity contribution in [3.63, 3.8) is 0 Å². The summed E-state index contributed by atoms with van der Waals surface area (Å²) in [7, 11) is 0. The highest BCUT2D eigenvalue weighted by molar-refractivity contribution is 5.87. The minimum atomic E-state index is -0.635. The monoisotopic (exact) mass is 410 g/mol.